The van der Waals surface area contributed by atoms with Gasteiger partial charge in [0.15, 0.2) is 0 Å². The van der Waals surface area contributed by atoms with E-state index in [1.54, 1.807) is 0 Å². The predicted octanol–water partition coefficient (Wildman–Crippen LogP) is 3.34. The van der Waals surface area contributed by atoms with E-state index in [2.05, 4.69) is 23.3 Å². The number of anilines is 1. The molecule has 4 nitrogen and oxygen atoms in total. The number of benzene rings is 1. The van der Waals surface area contributed by atoms with Gasteiger partial charge in [-0.25, -0.2) is 4.79 Å². The van der Waals surface area contributed by atoms with E-state index >= 15 is 0 Å². The number of piperazine rings is 1. The molecule has 126 valence electrons. The molecule has 0 bridgehead atoms. The third kappa shape index (κ3) is 5.10. The maximum absolute atomic E-state index is 11.7. The lowest BCUT2D eigenvalue weighted by atomic mass is 10.1. The van der Waals surface area contributed by atoms with Crippen molar-refractivity contribution in [2.45, 2.75) is 26.7 Å². The van der Waals surface area contributed by atoms with Crippen LogP contribution in [0.4, 0.5) is 5.69 Å². The average Bonchev–Trinajstić information content (AvgIpc) is 2.56. The summed E-state index contributed by atoms with van der Waals surface area (Å²) in [7, 11) is 0. The largest absolute Gasteiger partial charge is 0.462 e. The highest BCUT2D eigenvalue weighted by molar-refractivity contribution is 5.89. The number of esters is 1. The Morgan fingerprint density at radius 1 is 1.13 bits per heavy atom. The van der Waals surface area contributed by atoms with Gasteiger partial charge in [-0.2, -0.15) is 0 Å². The molecule has 1 heterocycles. The van der Waals surface area contributed by atoms with Crippen LogP contribution in [0.2, 0.25) is 0 Å². The highest BCUT2D eigenvalue weighted by Crippen LogP contribution is 2.18. The molecule has 0 unspecified atom stereocenters. The van der Waals surface area contributed by atoms with E-state index in [0.717, 1.165) is 39.1 Å². The molecule has 0 spiro atoms. The molecule has 0 aromatic heterocycles. The Balaban J connectivity index is 1.85. The maximum atomic E-state index is 11.7. The third-order valence-electron chi connectivity index (χ3n) is 4.17. The van der Waals surface area contributed by atoms with Crippen molar-refractivity contribution in [2.24, 2.45) is 0 Å². The van der Waals surface area contributed by atoms with E-state index < -0.39 is 0 Å². The minimum Gasteiger partial charge on any atom is -0.462 e. The van der Waals surface area contributed by atoms with Crippen LogP contribution in [0.25, 0.3) is 0 Å². The molecule has 0 radical (unpaired) electrons. The Hall–Kier alpha value is -1.81. The highest BCUT2D eigenvalue weighted by atomic mass is 16.5. The first-order valence-electron chi connectivity index (χ1n) is 8.55. The molecule has 1 aliphatic heterocycles. The van der Waals surface area contributed by atoms with Crippen LogP contribution in [0.1, 0.15) is 37.0 Å². The highest BCUT2D eigenvalue weighted by Gasteiger charge is 2.18. The smallest absolute Gasteiger partial charge is 0.338 e. The molecule has 0 saturated carbocycles. The first-order valence-corrected chi connectivity index (χ1v) is 8.55. The van der Waals surface area contributed by atoms with Crippen molar-refractivity contribution >= 4 is 11.7 Å². The van der Waals surface area contributed by atoms with Crippen LogP contribution in [0.3, 0.4) is 0 Å². The van der Waals surface area contributed by atoms with Gasteiger partial charge in [0.05, 0.1) is 12.2 Å². The average molecular weight is 316 g/mol. The van der Waals surface area contributed by atoms with E-state index in [4.69, 9.17) is 4.74 Å². The van der Waals surface area contributed by atoms with E-state index in [1.807, 2.05) is 31.2 Å². The number of hydrogen-bond donors (Lipinski definition) is 0. The van der Waals surface area contributed by atoms with Gasteiger partial charge in [-0.1, -0.05) is 25.5 Å². The van der Waals surface area contributed by atoms with Crippen molar-refractivity contribution < 1.29 is 9.53 Å². The van der Waals surface area contributed by atoms with Crippen molar-refractivity contribution in [1.82, 2.24) is 4.90 Å². The van der Waals surface area contributed by atoms with Gasteiger partial charge in [0.25, 0.3) is 0 Å². The fourth-order valence-corrected chi connectivity index (χ4v) is 2.94. The van der Waals surface area contributed by atoms with Crippen molar-refractivity contribution in [3.05, 3.63) is 42.0 Å². The van der Waals surface area contributed by atoms with Gasteiger partial charge >= 0.3 is 5.97 Å². The lowest BCUT2D eigenvalue weighted by Crippen LogP contribution is -2.46. The number of ether oxygens (including phenoxy) is 1. The Bertz CT molecular complexity index is 517. The first kappa shape index (κ1) is 17.5. The van der Waals surface area contributed by atoms with Crippen LogP contribution in [0, 0.1) is 0 Å². The van der Waals surface area contributed by atoms with Crippen LogP contribution in [0.15, 0.2) is 36.4 Å². The zero-order chi connectivity index (χ0) is 16.7. The summed E-state index contributed by atoms with van der Waals surface area (Å²) in [5.41, 5.74) is 3.12. The number of hydrogen-bond acceptors (Lipinski definition) is 4. The molecule has 0 amide bonds. The van der Waals surface area contributed by atoms with Gasteiger partial charge in [0.1, 0.15) is 0 Å². The minimum absolute atomic E-state index is 0.252. The number of rotatable bonds is 7. The second kappa shape index (κ2) is 8.73. The molecule has 1 aliphatic rings. The van der Waals surface area contributed by atoms with Gasteiger partial charge in [0, 0.05) is 38.4 Å². The second-order valence-electron chi connectivity index (χ2n) is 6.03. The van der Waals surface area contributed by atoms with Gasteiger partial charge in [-0.05, 0) is 37.6 Å². The van der Waals surface area contributed by atoms with E-state index in [0.29, 0.717) is 12.2 Å². The van der Waals surface area contributed by atoms with Gasteiger partial charge in [-0.3, -0.25) is 4.90 Å². The molecule has 4 heteroatoms. The summed E-state index contributed by atoms with van der Waals surface area (Å²) < 4.78 is 5.02. The topological polar surface area (TPSA) is 32.8 Å². The molecule has 1 fully saturated rings. The minimum atomic E-state index is -0.252. The van der Waals surface area contributed by atoms with E-state index in [9.17, 15) is 4.79 Å². The number of carbonyl (C=O) groups is 1. The van der Waals surface area contributed by atoms with Crippen LogP contribution < -0.4 is 4.90 Å². The van der Waals surface area contributed by atoms with Crippen LogP contribution in [0.5, 0.6) is 0 Å². The fourth-order valence-electron chi connectivity index (χ4n) is 2.94. The SMILES string of the molecule is C=C(CCC)CN1CCN(c2ccc(C(=O)OCC)cc2)CC1. The molecular weight excluding hydrogens is 288 g/mol. The van der Waals surface area contributed by atoms with Crippen molar-refractivity contribution in [1.29, 1.82) is 0 Å². The monoisotopic (exact) mass is 316 g/mol. The van der Waals surface area contributed by atoms with Crippen molar-refractivity contribution in [3.63, 3.8) is 0 Å². The second-order valence-corrected chi connectivity index (χ2v) is 6.03. The molecule has 23 heavy (non-hydrogen) atoms. The van der Waals surface area contributed by atoms with Gasteiger partial charge in [0.2, 0.25) is 0 Å². The van der Waals surface area contributed by atoms with E-state index in [-0.39, 0.29) is 5.97 Å². The van der Waals surface area contributed by atoms with Gasteiger partial charge in [-0.15, -0.1) is 0 Å². The normalized spacial score (nSPS) is 15.5. The number of carbonyl (C=O) groups excluding carboxylic acids is 1. The lowest BCUT2D eigenvalue weighted by Gasteiger charge is -2.36. The molecule has 0 aliphatic carbocycles. The third-order valence-corrected chi connectivity index (χ3v) is 4.17. The summed E-state index contributed by atoms with van der Waals surface area (Å²) in [6, 6.07) is 7.72. The van der Waals surface area contributed by atoms with E-state index in [1.165, 1.54) is 17.7 Å². The summed E-state index contributed by atoms with van der Waals surface area (Å²) in [6.07, 6.45) is 2.29. The Morgan fingerprint density at radius 3 is 2.35 bits per heavy atom. The Morgan fingerprint density at radius 2 is 1.78 bits per heavy atom. The van der Waals surface area contributed by atoms with Crippen LogP contribution >= 0.6 is 0 Å². The summed E-state index contributed by atoms with van der Waals surface area (Å²) in [5.74, 6) is -0.252. The molecule has 1 aromatic carbocycles. The van der Waals surface area contributed by atoms with Crippen LogP contribution in [-0.4, -0.2) is 50.2 Å². The molecule has 2 rings (SSSR count). The van der Waals surface area contributed by atoms with Gasteiger partial charge < -0.3 is 9.64 Å². The summed E-state index contributed by atoms with van der Waals surface area (Å²) >= 11 is 0. The lowest BCUT2D eigenvalue weighted by molar-refractivity contribution is 0.0526. The first-order chi connectivity index (χ1) is 11.1. The molecule has 1 saturated heterocycles. The standard InChI is InChI=1S/C19H28N2O2/c1-4-6-16(3)15-20-11-13-21(14-12-20)18-9-7-17(8-10-18)19(22)23-5-2/h7-10H,3-6,11-15H2,1-2H3. The van der Waals surface area contributed by atoms with Crippen molar-refractivity contribution in [3.8, 4) is 0 Å². The Labute approximate surface area is 139 Å². The molecule has 1 aromatic rings. The predicted molar refractivity (Wildman–Crippen MR) is 95.1 cm³/mol. The fraction of sp³-hybridized carbons (Fsp3) is 0.526. The zero-order valence-corrected chi connectivity index (χ0v) is 14.4. The zero-order valence-electron chi connectivity index (χ0n) is 14.4. The summed E-state index contributed by atoms with van der Waals surface area (Å²) in [6.45, 7) is 13.7. The molecular formula is C19H28N2O2. The quantitative estimate of drug-likeness (QED) is 0.570. The summed E-state index contributed by atoms with van der Waals surface area (Å²) in [4.78, 5) is 16.5. The summed E-state index contributed by atoms with van der Waals surface area (Å²) in [5, 5.41) is 0. The van der Waals surface area contributed by atoms with Crippen LogP contribution in [-0.2, 0) is 4.74 Å². The number of nitrogens with zero attached hydrogens (tertiary/aromatic N) is 2. The Kier molecular flexibility index (Phi) is 6.66. The maximum Gasteiger partial charge on any atom is 0.338 e. The van der Waals surface area contributed by atoms with Crippen molar-refractivity contribution in [2.75, 3.05) is 44.2 Å². The molecule has 0 atom stereocenters. The molecule has 0 N–H and O–H groups in total.